The fourth-order valence-electron chi connectivity index (χ4n) is 3.59. The summed E-state index contributed by atoms with van der Waals surface area (Å²) in [6.07, 6.45) is 1.64. The number of hydrogen-bond acceptors (Lipinski definition) is 9. The van der Waals surface area contributed by atoms with Crippen molar-refractivity contribution in [3.8, 4) is 11.5 Å². The molecule has 10 nitrogen and oxygen atoms in total. The molecule has 0 aliphatic carbocycles. The van der Waals surface area contributed by atoms with Crippen molar-refractivity contribution in [2.75, 3.05) is 7.11 Å². The third-order valence-corrected chi connectivity index (χ3v) is 7.41. The number of imidazole rings is 1. The molecule has 5 rings (SSSR count). The number of methoxy groups -OCH3 is 1. The van der Waals surface area contributed by atoms with Gasteiger partial charge in [-0.1, -0.05) is 41.7 Å². The number of thiazole rings is 1. The Hall–Kier alpha value is -4.29. The average molecular weight is 510 g/mol. The molecule has 0 unspecified atom stereocenters. The van der Waals surface area contributed by atoms with Crippen molar-refractivity contribution in [1.29, 1.82) is 0 Å². The van der Waals surface area contributed by atoms with Gasteiger partial charge in [0.05, 0.1) is 27.6 Å². The smallest absolute Gasteiger partial charge is 0.346 e. The van der Waals surface area contributed by atoms with Crippen LogP contribution >= 0.6 is 11.3 Å². The summed E-state index contributed by atoms with van der Waals surface area (Å²) in [5.41, 5.74) is 1.17. The zero-order valence-corrected chi connectivity index (χ0v) is 19.6. The summed E-state index contributed by atoms with van der Waals surface area (Å²) in [7, 11) is -3.19. The minimum absolute atomic E-state index is 0.0696. The first-order valence-corrected chi connectivity index (χ1v) is 12.3. The number of benzene rings is 3. The van der Waals surface area contributed by atoms with Crippen LogP contribution in [0.2, 0.25) is 0 Å². The van der Waals surface area contributed by atoms with Crippen LogP contribution in [-0.4, -0.2) is 29.8 Å². The van der Waals surface area contributed by atoms with Crippen LogP contribution in [0, 0.1) is 10.1 Å². The second-order valence-electron chi connectivity index (χ2n) is 7.31. The molecule has 0 fully saturated rings. The third kappa shape index (κ3) is 3.98. The summed E-state index contributed by atoms with van der Waals surface area (Å²) in [5.74, 6) is -0.0859. The van der Waals surface area contributed by atoms with Crippen LogP contribution < -0.4 is 19.0 Å². The van der Waals surface area contributed by atoms with Gasteiger partial charge in [-0.15, -0.1) is 0 Å². The average Bonchev–Trinajstić information content (AvgIpc) is 3.35. The van der Waals surface area contributed by atoms with Crippen molar-refractivity contribution >= 4 is 49.2 Å². The zero-order valence-electron chi connectivity index (χ0n) is 17.9. The Bertz CT molecular complexity index is 1840. The summed E-state index contributed by atoms with van der Waals surface area (Å²) in [5, 5.41) is 11.2. The van der Waals surface area contributed by atoms with Gasteiger partial charge in [0, 0.05) is 6.07 Å². The maximum Gasteiger partial charge on any atom is 0.346 e. The van der Waals surface area contributed by atoms with Crippen molar-refractivity contribution in [2.24, 2.45) is 0 Å². The number of ether oxygens (including phenoxy) is 1. The lowest BCUT2D eigenvalue weighted by Crippen LogP contribution is -2.22. The minimum Gasteiger partial charge on any atom is -0.493 e. The molecule has 0 spiro atoms. The summed E-state index contributed by atoms with van der Waals surface area (Å²) < 4.78 is 37.9. The number of nitro groups is 1. The lowest BCUT2D eigenvalue weighted by Gasteiger charge is -2.11. The predicted octanol–water partition coefficient (Wildman–Crippen LogP) is 3.14. The van der Waals surface area contributed by atoms with Crippen molar-refractivity contribution < 1.29 is 22.3 Å². The molecule has 2 aromatic heterocycles. The van der Waals surface area contributed by atoms with Gasteiger partial charge in [0.15, 0.2) is 21.4 Å². The number of rotatable bonds is 6. The Morgan fingerprint density at radius 2 is 1.80 bits per heavy atom. The molecular formula is C23H15N3O7S2. The molecule has 0 aliphatic rings. The minimum atomic E-state index is -4.52. The SMILES string of the molecule is COc1cc(C=c2sc3nc4ccccc4n3c2=O)ccc1OS(=O)(=O)c1ccccc1[N+](=O)[O-]. The van der Waals surface area contributed by atoms with Crippen LogP contribution in [0.5, 0.6) is 11.5 Å². The van der Waals surface area contributed by atoms with E-state index >= 15 is 0 Å². The largest absolute Gasteiger partial charge is 0.493 e. The third-order valence-electron chi connectivity index (χ3n) is 5.16. The molecule has 0 N–H and O–H groups in total. The highest BCUT2D eigenvalue weighted by molar-refractivity contribution is 7.87. The predicted molar refractivity (Wildman–Crippen MR) is 130 cm³/mol. The van der Waals surface area contributed by atoms with Gasteiger partial charge in [0.2, 0.25) is 0 Å². The van der Waals surface area contributed by atoms with Crippen molar-refractivity contribution in [3.05, 3.63) is 97.3 Å². The van der Waals surface area contributed by atoms with Crippen molar-refractivity contribution in [2.45, 2.75) is 4.90 Å². The van der Waals surface area contributed by atoms with Crippen molar-refractivity contribution in [3.63, 3.8) is 0 Å². The Kier molecular flexibility index (Phi) is 5.46. The lowest BCUT2D eigenvalue weighted by molar-refractivity contribution is -0.387. The molecule has 12 heteroatoms. The van der Waals surface area contributed by atoms with Gasteiger partial charge < -0.3 is 8.92 Å². The molecule has 0 aliphatic heterocycles. The molecule has 0 amide bonds. The standard InChI is InChI=1S/C23H15N3O7S2/c1-32-19-12-14(13-20-22(27)25-16-7-3-2-6-15(16)24-23(25)34-20)10-11-18(19)33-35(30,31)21-9-5-4-8-17(21)26(28)29/h2-13H,1H3. The van der Waals surface area contributed by atoms with Crippen LogP contribution in [0.4, 0.5) is 5.69 Å². The number of nitro benzene ring substituents is 1. The fourth-order valence-corrected chi connectivity index (χ4v) is 5.68. The van der Waals surface area contributed by atoms with Crippen molar-refractivity contribution in [1.82, 2.24) is 9.38 Å². The number of hydrogen-bond donors (Lipinski definition) is 0. The summed E-state index contributed by atoms with van der Waals surface area (Å²) in [4.78, 5) is 27.9. The van der Waals surface area contributed by atoms with E-state index in [1.165, 1.54) is 42.7 Å². The Morgan fingerprint density at radius 3 is 2.57 bits per heavy atom. The second-order valence-corrected chi connectivity index (χ2v) is 9.83. The topological polar surface area (TPSA) is 130 Å². The van der Waals surface area contributed by atoms with Gasteiger partial charge in [0.1, 0.15) is 0 Å². The van der Waals surface area contributed by atoms with Gasteiger partial charge in [-0.3, -0.25) is 14.9 Å². The maximum absolute atomic E-state index is 13.0. The van der Waals surface area contributed by atoms with E-state index in [9.17, 15) is 23.3 Å². The molecule has 0 saturated carbocycles. The number of nitrogens with zero attached hydrogens (tertiary/aromatic N) is 3. The highest BCUT2D eigenvalue weighted by Crippen LogP contribution is 2.33. The van der Waals surface area contributed by atoms with Gasteiger partial charge in [-0.25, -0.2) is 9.38 Å². The van der Waals surface area contributed by atoms with E-state index in [1.807, 2.05) is 24.3 Å². The van der Waals surface area contributed by atoms with E-state index < -0.39 is 25.6 Å². The normalized spacial score (nSPS) is 12.3. The maximum atomic E-state index is 13.0. The molecule has 2 heterocycles. The number of fused-ring (bicyclic) bond motifs is 3. The number of para-hydroxylation sites is 3. The van der Waals surface area contributed by atoms with E-state index in [-0.39, 0.29) is 17.1 Å². The molecule has 176 valence electrons. The first-order valence-electron chi connectivity index (χ1n) is 10.1. The highest BCUT2D eigenvalue weighted by Gasteiger charge is 2.28. The quantitative estimate of drug-likeness (QED) is 0.194. The fraction of sp³-hybridized carbons (Fsp3) is 0.0435. The first kappa shape index (κ1) is 22.5. The van der Waals surface area contributed by atoms with Gasteiger partial charge in [-0.2, -0.15) is 8.42 Å². The summed E-state index contributed by atoms with van der Waals surface area (Å²) >= 11 is 1.23. The Balaban J connectivity index is 1.53. The van der Waals surface area contributed by atoms with Crippen LogP contribution in [0.25, 0.3) is 22.1 Å². The molecular weight excluding hydrogens is 494 g/mol. The van der Waals surface area contributed by atoms with Gasteiger partial charge in [-0.05, 0) is 42.0 Å². The molecule has 0 saturated heterocycles. The van der Waals surface area contributed by atoms with Crippen LogP contribution in [0.15, 0.2) is 76.4 Å². The highest BCUT2D eigenvalue weighted by atomic mass is 32.2. The molecule has 0 atom stereocenters. The second kappa shape index (κ2) is 8.49. The first-order chi connectivity index (χ1) is 16.8. The van der Waals surface area contributed by atoms with E-state index in [1.54, 1.807) is 16.5 Å². The van der Waals surface area contributed by atoms with Crippen LogP contribution in [-0.2, 0) is 10.1 Å². The molecule has 0 bridgehead atoms. The summed E-state index contributed by atoms with van der Waals surface area (Å²) in [6, 6.07) is 16.6. The molecule has 0 radical (unpaired) electrons. The van der Waals surface area contributed by atoms with Crippen LogP contribution in [0.1, 0.15) is 5.56 Å². The lowest BCUT2D eigenvalue weighted by atomic mass is 10.2. The van der Waals surface area contributed by atoms with E-state index in [0.29, 0.717) is 20.6 Å². The molecule has 35 heavy (non-hydrogen) atoms. The van der Waals surface area contributed by atoms with Gasteiger partial charge in [0.25, 0.3) is 11.2 Å². The zero-order chi connectivity index (χ0) is 24.7. The van der Waals surface area contributed by atoms with Gasteiger partial charge >= 0.3 is 10.1 Å². The molecule has 3 aromatic carbocycles. The summed E-state index contributed by atoms with van der Waals surface area (Å²) in [6.45, 7) is 0. The monoisotopic (exact) mass is 509 g/mol. The number of aromatic nitrogens is 2. The van der Waals surface area contributed by atoms with E-state index in [2.05, 4.69) is 4.98 Å². The Labute approximate surface area is 201 Å². The van der Waals surface area contributed by atoms with E-state index in [0.717, 1.165) is 17.6 Å². The van der Waals surface area contributed by atoms with E-state index in [4.69, 9.17) is 8.92 Å². The Morgan fingerprint density at radius 1 is 1.06 bits per heavy atom. The molecule has 5 aromatic rings. The van der Waals surface area contributed by atoms with Crippen LogP contribution in [0.3, 0.4) is 0 Å².